The van der Waals surface area contributed by atoms with Crippen molar-refractivity contribution in [1.82, 2.24) is 5.32 Å². The van der Waals surface area contributed by atoms with Crippen LogP contribution in [0.2, 0.25) is 0 Å². The van der Waals surface area contributed by atoms with Crippen molar-refractivity contribution < 1.29 is 9.90 Å². The maximum absolute atomic E-state index is 12.1. The third kappa shape index (κ3) is 5.87. The predicted molar refractivity (Wildman–Crippen MR) is 123 cm³/mol. The quantitative estimate of drug-likeness (QED) is 0.607. The Morgan fingerprint density at radius 3 is 1.93 bits per heavy atom. The average molecular weight is 461 g/mol. The van der Waals surface area contributed by atoms with Gasteiger partial charge in [0, 0.05) is 47.7 Å². The van der Waals surface area contributed by atoms with Gasteiger partial charge >= 0.3 is 6.03 Å². The van der Waals surface area contributed by atoms with Crippen molar-refractivity contribution in [2.24, 2.45) is 0 Å². The summed E-state index contributed by atoms with van der Waals surface area (Å²) < 4.78 is 1.10. The second-order valence-corrected chi connectivity index (χ2v) is 8.27. The molecule has 6 nitrogen and oxygen atoms in total. The molecule has 1 fully saturated rings. The van der Waals surface area contributed by atoms with Crippen LogP contribution in [0.3, 0.4) is 0 Å². The summed E-state index contributed by atoms with van der Waals surface area (Å²) in [4.78, 5) is 16.9. The van der Waals surface area contributed by atoms with E-state index in [0.717, 1.165) is 42.0 Å². The molecule has 3 N–H and O–H groups in total. The van der Waals surface area contributed by atoms with Crippen LogP contribution in [0.1, 0.15) is 20.3 Å². The molecule has 2 atom stereocenters. The average Bonchev–Trinajstić information content (AvgIpc) is 2.73. The first kappa shape index (κ1) is 21.5. The molecule has 2 aromatic rings. The highest BCUT2D eigenvalue weighted by Crippen LogP contribution is 2.23. The Labute approximate surface area is 181 Å². The largest absolute Gasteiger partial charge is 0.391 e. The minimum Gasteiger partial charge on any atom is -0.391 e. The number of anilines is 3. The molecule has 0 bridgehead atoms. The zero-order valence-electron chi connectivity index (χ0n) is 16.9. The summed E-state index contributed by atoms with van der Waals surface area (Å²) >= 11 is 3.48. The normalized spacial score (nSPS) is 16.3. The van der Waals surface area contributed by atoms with Crippen LogP contribution in [-0.4, -0.2) is 49.5 Å². The highest BCUT2D eigenvalue weighted by Gasteiger charge is 2.18. The van der Waals surface area contributed by atoms with Crippen molar-refractivity contribution in [3.05, 3.63) is 53.0 Å². The molecule has 2 amide bonds. The number of aliphatic hydroxyl groups excluding tert-OH is 1. The summed E-state index contributed by atoms with van der Waals surface area (Å²) in [6.07, 6.45) is 0.0974. The Bertz CT molecular complexity index is 787. The van der Waals surface area contributed by atoms with Crippen molar-refractivity contribution in [3.8, 4) is 0 Å². The van der Waals surface area contributed by atoms with Gasteiger partial charge in [0.2, 0.25) is 0 Å². The minimum absolute atomic E-state index is 0.253. The predicted octanol–water partition coefficient (Wildman–Crippen LogP) is 4.06. The first-order valence-electron chi connectivity index (χ1n) is 10.1. The van der Waals surface area contributed by atoms with E-state index in [-0.39, 0.29) is 12.1 Å². The highest BCUT2D eigenvalue weighted by molar-refractivity contribution is 9.10. The number of hydrogen-bond acceptors (Lipinski definition) is 4. The SMILES string of the molecule is CCC(NC(=O)Nc1ccc(N2CCN(c3ccc(Br)cc3)CC2)cc1)C(C)O. The van der Waals surface area contributed by atoms with Crippen molar-refractivity contribution in [2.45, 2.75) is 32.4 Å². The Hall–Kier alpha value is -2.25. The molecule has 1 aliphatic heterocycles. The Balaban J connectivity index is 1.51. The zero-order chi connectivity index (χ0) is 20.8. The van der Waals surface area contributed by atoms with E-state index in [1.807, 2.05) is 31.2 Å². The van der Waals surface area contributed by atoms with E-state index in [9.17, 15) is 9.90 Å². The molecule has 0 spiro atoms. The summed E-state index contributed by atoms with van der Waals surface area (Å²) in [6.45, 7) is 7.47. The summed E-state index contributed by atoms with van der Waals surface area (Å²) in [6, 6.07) is 15.8. The first-order chi connectivity index (χ1) is 14.0. The fourth-order valence-electron chi connectivity index (χ4n) is 3.53. The number of carbonyl (C=O) groups excluding carboxylic acids is 1. The number of benzene rings is 2. The lowest BCUT2D eigenvalue weighted by Gasteiger charge is -2.37. The van der Waals surface area contributed by atoms with Crippen molar-refractivity contribution in [1.29, 1.82) is 0 Å². The number of rotatable bonds is 6. The zero-order valence-corrected chi connectivity index (χ0v) is 18.5. The van der Waals surface area contributed by atoms with Gasteiger partial charge in [-0.05, 0) is 61.9 Å². The van der Waals surface area contributed by atoms with Gasteiger partial charge in [-0.2, -0.15) is 0 Å². The van der Waals surface area contributed by atoms with Crippen LogP contribution < -0.4 is 20.4 Å². The van der Waals surface area contributed by atoms with Gasteiger partial charge in [-0.3, -0.25) is 0 Å². The summed E-state index contributed by atoms with van der Waals surface area (Å²) in [5.74, 6) is 0. The van der Waals surface area contributed by atoms with Gasteiger partial charge in [0.05, 0.1) is 12.1 Å². The standard InChI is InChI=1S/C22H29BrN4O2/c1-3-21(16(2)28)25-22(29)24-18-6-10-20(11-7-18)27-14-12-26(13-15-27)19-8-4-17(23)5-9-19/h4-11,16,21,28H,3,12-15H2,1-2H3,(H2,24,25,29). The number of nitrogens with zero attached hydrogens (tertiary/aromatic N) is 2. The second-order valence-electron chi connectivity index (χ2n) is 7.35. The molecule has 1 aliphatic rings. The molecule has 0 radical (unpaired) electrons. The van der Waals surface area contributed by atoms with Crippen molar-refractivity contribution >= 4 is 39.0 Å². The van der Waals surface area contributed by atoms with Crippen LogP contribution in [0.4, 0.5) is 21.9 Å². The second kappa shape index (κ2) is 9.98. The lowest BCUT2D eigenvalue weighted by Crippen LogP contribution is -2.46. The lowest BCUT2D eigenvalue weighted by molar-refractivity contribution is 0.145. The van der Waals surface area contributed by atoms with Crippen LogP contribution in [-0.2, 0) is 0 Å². The number of piperazine rings is 1. The van der Waals surface area contributed by atoms with Crippen LogP contribution in [0.25, 0.3) is 0 Å². The number of hydrogen-bond donors (Lipinski definition) is 3. The fraction of sp³-hybridized carbons (Fsp3) is 0.409. The molecule has 0 aliphatic carbocycles. The van der Waals surface area contributed by atoms with Crippen LogP contribution in [0, 0.1) is 0 Å². The number of aliphatic hydroxyl groups is 1. The molecule has 0 aromatic heterocycles. The number of nitrogens with one attached hydrogen (secondary N) is 2. The van der Waals surface area contributed by atoms with E-state index >= 15 is 0 Å². The van der Waals surface area contributed by atoms with Gasteiger partial charge in [-0.25, -0.2) is 4.79 Å². The van der Waals surface area contributed by atoms with E-state index in [0.29, 0.717) is 6.42 Å². The molecule has 1 heterocycles. The van der Waals surface area contributed by atoms with Gasteiger partial charge in [0.1, 0.15) is 0 Å². The molecule has 2 aromatic carbocycles. The summed E-state index contributed by atoms with van der Waals surface area (Å²) in [5.41, 5.74) is 3.14. The number of halogens is 1. The van der Waals surface area contributed by atoms with E-state index in [1.165, 1.54) is 5.69 Å². The third-order valence-corrected chi connectivity index (χ3v) is 5.83. The molecule has 1 saturated heterocycles. The van der Waals surface area contributed by atoms with Crippen LogP contribution in [0.15, 0.2) is 53.0 Å². The minimum atomic E-state index is -0.579. The Kier molecular flexibility index (Phi) is 7.39. The van der Waals surface area contributed by atoms with Crippen molar-refractivity contribution in [3.63, 3.8) is 0 Å². The van der Waals surface area contributed by atoms with Gasteiger partial charge in [-0.15, -0.1) is 0 Å². The molecule has 3 rings (SSSR count). The van der Waals surface area contributed by atoms with Gasteiger partial charge < -0.3 is 25.5 Å². The maximum atomic E-state index is 12.1. The van der Waals surface area contributed by atoms with E-state index in [1.54, 1.807) is 6.92 Å². The Morgan fingerprint density at radius 2 is 1.48 bits per heavy atom. The van der Waals surface area contributed by atoms with E-state index in [2.05, 4.69) is 60.6 Å². The third-order valence-electron chi connectivity index (χ3n) is 5.30. The lowest BCUT2D eigenvalue weighted by atomic mass is 10.1. The first-order valence-corrected chi connectivity index (χ1v) is 10.9. The molecule has 0 saturated carbocycles. The molecule has 156 valence electrons. The number of carbonyl (C=O) groups is 1. The number of urea groups is 1. The topological polar surface area (TPSA) is 67.8 Å². The van der Waals surface area contributed by atoms with Crippen molar-refractivity contribution in [2.75, 3.05) is 41.3 Å². The van der Waals surface area contributed by atoms with Crippen LogP contribution >= 0.6 is 15.9 Å². The Morgan fingerprint density at radius 1 is 1.00 bits per heavy atom. The molecule has 2 unspecified atom stereocenters. The van der Waals surface area contributed by atoms with Gasteiger partial charge in [0.25, 0.3) is 0 Å². The van der Waals surface area contributed by atoms with E-state index in [4.69, 9.17) is 0 Å². The number of amides is 2. The monoisotopic (exact) mass is 460 g/mol. The molecule has 7 heteroatoms. The fourth-order valence-corrected chi connectivity index (χ4v) is 3.79. The van der Waals surface area contributed by atoms with Crippen LogP contribution in [0.5, 0.6) is 0 Å². The smallest absolute Gasteiger partial charge is 0.319 e. The summed E-state index contributed by atoms with van der Waals surface area (Å²) in [5, 5.41) is 15.3. The highest BCUT2D eigenvalue weighted by atomic mass is 79.9. The summed E-state index contributed by atoms with van der Waals surface area (Å²) in [7, 11) is 0. The van der Waals surface area contributed by atoms with Gasteiger partial charge in [-0.1, -0.05) is 22.9 Å². The maximum Gasteiger partial charge on any atom is 0.319 e. The van der Waals surface area contributed by atoms with Gasteiger partial charge in [0.15, 0.2) is 0 Å². The van der Waals surface area contributed by atoms with E-state index < -0.39 is 6.10 Å². The molecular weight excluding hydrogens is 432 g/mol. The molecule has 29 heavy (non-hydrogen) atoms. The molecular formula is C22H29BrN4O2.